The number of fused-ring (bicyclic) bond motifs is 1. The maximum absolute atomic E-state index is 12.7. The van der Waals surface area contributed by atoms with Crippen LogP contribution in [0, 0.1) is 13.8 Å². The Morgan fingerprint density at radius 1 is 1.00 bits per heavy atom. The number of pyridine rings is 1. The van der Waals surface area contributed by atoms with Gasteiger partial charge in [0.2, 0.25) is 5.91 Å². The van der Waals surface area contributed by atoms with Gasteiger partial charge in [0.1, 0.15) is 16.7 Å². The fourth-order valence-electron chi connectivity index (χ4n) is 3.22. The monoisotopic (exact) mass is 479 g/mol. The molecule has 33 heavy (non-hydrogen) atoms. The molecule has 0 radical (unpaired) electrons. The van der Waals surface area contributed by atoms with Crippen molar-refractivity contribution in [1.29, 1.82) is 0 Å². The van der Waals surface area contributed by atoms with Gasteiger partial charge in [-0.1, -0.05) is 36.0 Å². The van der Waals surface area contributed by atoms with Gasteiger partial charge in [-0.25, -0.2) is 23.4 Å². The van der Waals surface area contributed by atoms with Crippen LogP contribution >= 0.6 is 11.8 Å². The summed E-state index contributed by atoms with van der Waals surface area (Å²) in [4.78, 5) is 25.1. The van der Waals surface area contributed by atoms with Gasteiger partial charge in [0, 0.05) is 29.0 Å². The second kappa shape index (κ2) is 9.55. The van der Waals surface area contributed by atoms with Gasteiger partial charge < -0.3 is 5.32 Å². The second-order valence-electron chi connectivity index (χ2n) is 7.25. The molecule has 2 aromatic carbocycles. The summed E-state index contributed by atoms with van der Waals surface area (Å²) in [5.74, 6) is 0.642. The molecule has 10 heteroatoms. The Labute approximate surface area is 195 Å². The van der Waals surface area contributed by atoms with E-state index in [1.54, 1.807) is 38.2 Å². The van der Waals surface area contributed by atoms with Crippen molar-refractivity contribution in [1.82, 2.24) is 15.0 Å². The quantitative estimate of drug-likeness (QED) is 0.382. The first-order valence-corrected chi connectivity index (χ1v) is 12.5. The van der Waals surface area contributed by atoms with Crippen LogP contribution in [0.2, 0.25) is 0 Å². The van der Waals surface area contributed by atoms with Crippen molar-refractivity contribution in [3.8, 4) is 0 Å². The Hall–Kier alpha value is -3.50. The van der Waals surface area contributed by atoms with E-state index in [0.717, 1.165) is 15.8 Å². The number of rotatable bonds is 7. The van der Waals surface area contributed by atoms with Crippen LogP contribution in [-0.4, -0.2) is 35.0 Å². The zero-order valence-electron chi connectivity index (χ0n) is 17.9. The van der Waals surface area contributed by atoms with Crippen molar-refractivity contribution in [2.75, 3.05) is 15.8 Å². The normalized spacial score (nSPS) is 11.3. The molecule has 0 saturated carbocycles. The molecule has 2 aromatic heterocycles. The summed E-state index contributed by atoms with van der Waals surface area (Å²) >= 11 is 1.35. The third-order valence-corrected chi connectivity index (χ3v) is 7.01. The van der Waals surface area contributed by atoms with Crippen molar-refractivity contribution in [2.45, 2.75) is 23.8 Å². The van der Waals surface area contributed by atoms with Gasteiger partial charge in [-0.15, -0.1) is 0 Å². The third-order valence-electron chi connectivity index (χ3n) is 4.63. The molecule has 4 aromatic rings. The highest BCUT2D eigenvalue weighted by atomic mass is 32.2. The Kier molecular flexibility index (Phi) is 6.57. The summed E-state index contributed by atoms with van der Waals surface area (Å²) in [5, 5.41) is 5.62. The Bertz CT molecular complexity index is 1400. The van der Waals surface area contributed by atoms with Crippen LogP contribution in [0.1, 0.15) is 11.5 Å². The van der Waals surface area contributed by atoms with Crippen LogP contribution in [0.3, 0.4) is 0 Å². The number of sulfonamides is 1. The van der Waals surface area contributed by atoms with Crippen molar-refractivity contribution in [2.24, 2.45) is 0 Å². The van der Waals surface area contributed by atoms with Crippen LogP contribution in [0.15, 0.2) is 76.8 Å². The highest BCUT2D eigenvalue weighted by molar-refractivity contribution is 8.00. The minimum Gasteiger partial charge on any atom is -0.325 e. The molecule has 0 aliphatic rings. The van der Waals surface area contributed by atoms with E-state index in [1.807, 2.05) is 30.3 Å². The largest absolute Gasteiger partial charge is 0.325 e. The maximum Gasteiger partial charge on any atom is 0.263 e. The lowest BCUT2D eigenvalue weighted by Crippen LogP contribution is -2.16. The van der Waals surface area contributed by atoms with Gasteiger partial charge in [-0.2, -0.15) is 0 Å². The molecule has 0 bridgehead atoms. The second-order valence-corrected chi connectivity index (χ2v) is 9.89. The fourth-order valence-corrected chi connectivity index (χ4v) is 5.03. The van der Waals surface area contributed by atoms with Gasteiger partial charge in [-0.3, -0.25) is 9.52 Å². The Morgan fingerprint density at radius 3 is 2.52 bits per heavy atom. The van der Waals surface area contributed by atoms with E-state index in [-0.39, 0.29) is 22.4 Å². The minimum absolute atomic E-state index is 0.0590. The lowest BCUT2D eigenvalue weighted by molar-refractivity contribution is -0.113. The first-order valence-electron chi connectivity index (χ1n) is 10.0. The molecule has 0 aliphatic carbocycles. The maximum atomic E-state index is 12.7. The molecule has 4 rings (SSSR count). The van der Waals surface area contributed by atoms with Crippen LogP contribution in [0.5, 0.6) is 0 Å². The molecule has 8 nitrogen and oxygen atoms in total. The molecule has 0 atom stereocenters. The molecule has 0 fully saturated rings. The first kappa shape index (κ1) is 22.7. The zero-order chi connectivity index (χ0) is 23.4. The summed E-state index contributed by atoms with van der Waals surface area (Å²) in [6.07, 6.45) is 1.72. The van der Waals surface area contributed by atoms with Crippen molar-refractivity contribution >= 4 is 50.0 Å². The molecule has 2 heterocycles. The topological polar surface area (TPSA) is 114 Å². The standard InChI is InChI=1S/C23H21N5O3S2/c1-15-13-21(26-16(2)25-15)28-33(30,31)19-9-7-18(8-10-19)27-22(29)14-32-23-20-6-4-3-5-17(20)11-12-24-23/h3-13H,14H2,1-2H3,(H,27,29)(H,25,26,28). The van der Waals surface area contributed by atoms with Gasteiger partial charge in [0.25, 0.3) is 10.0 Å². The van der Waals surface area contributed by atoms with Crippen molar-refractivity contribution < 1.29 is 13.2 Å². The van der Waals surface area contributed by atoms with Crippen LogP contribution in [-0.2, 0) is 14.8 Å². The molecular weight excluding hydrogens is 458 g/mol. The molecule has 0 saturated heterocycles. The number of hydrogen-bond acceptors (Lipinski definition) is 7. The summed E-state index contributed by atoms with van der Waals surface area (Å²) in [6, 6.07) is 17.3. The van der Waals surface area contributed by atoms with Gasteiger partial charge in [0.05, 0.1) is 10.6 Å². The number of aryl methyl sites for hydroxylation is 2. The zero-order valence-corrected chi connectivity index (χ0v) is 19.6. The highest BCUT2D eigenvalue weighted by Crippen LogP contribution is 2.25. The Balaban J connectivity index is 1.39. The minimum atomic E-state index is -3.82. The molecule has 0 spiro atoms. The summed E-state index contributed by atoms with van der Waals surface area (Å²) in [5.41, 5.74) is 1.16. The predicted molar refractivity (Wildman–Crippen MR) is 130 cm³/mol. The fraction of sp³-hybridized carbons (Fsp3) is 0.130. The van der Waals surface area contributed by atoms with Crippen molar-refractivity contribution in [3.63, 3.8) is 0 Å². The highest BCUT2D eigenvalue weighted by Gasteiger charge is 2.16. The molecule has 2 N–H and O–H groups in total. The number of hydrogen-bond donors (Lipinski definition) is 2. The number of nitrogens with one attached hydrogen (secondary N) is 2. The summed E-state index contributed by atoms with van der Waals surface area (Å²) in [6.45, 7) is 3.45. The van der Waals surface area contributed by atoms with Crippen LogP contribution in [0.4, 0.5) is 11.5 Å². The van der Waals surface area contributed by atoms with Gasteiger partial charge in [0.15, 0.2) is 0 Å². The van der Waals surface area contributed by atoms with Crippen molar-refractivity contribution in [3.05, 3.63) is 78.4 Å². The number of carbonyl (C=O) groups excluding carboxylic acids is 1. The van der Waals surface area contributed by atoms with E-state index >= 15 is 0 Å². The first-order chi connectivity index (χ1) is 15.8. The smallest absolute Gasteiger partial charge is 0.263 e. The predicted octanol–water partition coefficient (Wildman–Crippen LogP) is 4.17. The molecule has 1 amide bonds. The van der Waals surface area contributed by atoms with E-state index < -0.39 is 10.0 Å². The van der Waals surface area contributed by atoms with Crippen LogP contribution in [0.25, 0.3) is 10.8 Å². The number of anilines is 2. The summed E-state index contributed by atoms with van der Waals surface area (Å²) in [7, 11) is -3.82. The average molecular weight is 480 g/mol. The molecular formula is C23H21N5O3S2. The number of amides is 1. The Morgan fingerprint density at radius 2 is 1.76 bits per heavy atom. The molecule has 0 unspecified atom stereocenters. The number of benzene rings is 2. The van der Waals surface area contributed by atoms with Crippen LogP contribution < -0.4 is 10.0 Å². The van der Waals surface area contributed by atoms with E-state index in [1.165, 1.54) is 23.9 Å². The third kappa shape index (κ3) is 5.65. The van der Waals surface area contributed by atoms with Gasteiger partial charge >= 0.3 is 0 Å². The number of thioether (sulfide) groups is 1. The number of aromatic nitrogens is 3. The van der Waals surface area contributed by atoms with E-state index in [4.69, 9.17) is 0 Å². The van der Waals surface area contributed by atoms with E-state index in [0.29, 0.717) is 17.2 Å². The summed E-state index contributed by atoms with van der Waals surface area (Å²) < 4.78 is 27.8. The lowest BCUT2D eigenvalue weighted by Gasteiger charge is -2.10. The number of carbonyl (C=O) groups is 1. The lowest BCUT2D eigenvalue weighted by atomic mass is 10.2. The molecule has 168 valence electrons. The number of nitrogens with zero attached hydrogens (tertiary/aromatic N) is 3. The van der Waals surface area contributed by atoms with E-state index in [9.17, 15) is 13.2 Å². The van der Waals surface area contributed by atoms with E-state index in [2.05, 4.69) is 25.0 Å². The molecule has 0 aliphatic heterocycles. The van der Waals surface area contributed by atoms with Gasteiger partial charge in [-0.05, 0) is 49.6 Å². The SMILES string of the molecule is Cc1cc(NS(=O)(=O)c2ccc(NC(=O)CSc3nccc4ccccc34)cc2)nc(C)n1. The average Bonchev–Trinajstić information content (AvgIpc) is 2.77.